The molecule has 0 aliphatic heterocycles. The highest BCUT2D eigenvalue weighted by molar-refractivity contribution is 9.10. The van der Waals surface area contributed by atoms with Crippen molar-refractivity contribution >= 4 is 27.9 Å². The predicted molar refractivity (Wildman–Crippen MR) is 43.2 cm³/mol. The summed E-state index contributed by atoms with van der Waals surface area (Å²) in [6, 6.07) is 0. The van der Waals surface area contributed by atoms with Gasteiger partial charge in [-0.2, -0.15) is 0 Å². The lowest BCUT2D eigenvalue weighted by atomic mass is 10.2. The van der Waals surface area contributed by atoms with Gasteiger partial charge in [-0.15, -0.1) is 0 Å². The fourth-order valence-corrected chi connectivity index (χ4v) is 0.347. The fraction of sp³-hybridized carbons (Fsp3) is 0.667. The number of nitrogens with two attached hydrogens (primary N) is 1. The highest BCUT2D eigenvalue weighted by atomic mass is 79.9. The fourth-order valence-electron chi connectivity index (χ4n) is 0.266. The van der Waals surface area contributed by atoms with Crippen molar-refractivity contribution in [3.05, 3.63) is 0 Å². The molecule has 0 saturated heterocycles. The lowest BCUT2D eigenvalue weighted by molar-refractivity contribution is -0.159. The number of hydrogen-bond donors (Lipinski definition) is 1. The predicted octanol–water partition coefficient (Wildman–Crippen LogP) is 0.188. The van der Waals surface area contributed by atoms with E-state index in [1.807, 2.05) is 0 Å². The summed E-state index contributed by atoms with van der Waals surface area (Å²) >= 11 is 3.03. The lowest BCUT2D eigenvalue weighted by Gasteiger charge is -2.12. The monoisotopic (exact) mass is 223 g/mol. The van der Waals surface area contributed by atoms with Gasteiger partial charge in [-0.1, -0.05) is 15.9 Å². The molecule has 0 atom stereocenters. The molecular weight excluding hydrogens is 214 g/mol. The van der Waals surface area contributed by atoms with E-state index in [0.717, 1.165) is 0 Å². The van der Waals surface area contributed by atoms with E-state index in [9.17, 15) is 9.59 Å². The van der Waals surface area contributed by atoms with Crippen LogP contribution in [0.25, 0.3) is 0 Å². The Balaban J connectivity index is 3.99. The zero-order valence-electron chi connectivity index (χ0n) is 6.39. The van der Waals surface area contributed by atoms with Crippen LogP contribution in [0, 0.1) is 0 Å². The van der Waals surface area contributed by atoms with Crippen molar-refractivity contribution in [3.8, 4) is 0 Å². The van der Waals surface area contributed by atoms with E-state index in [1.54, 1.807) is 13.8 Å². The number of rotatable bonds is 2. The molecule has 0 rings (SSSR count). The summed E-state index contributed by atoms with van der Waals surface area (Å²) in [6.07, 6.45) is 0. The van der Waals surface area contributed by atoms with E-state index >= 15 is 0 Å². The Bertz CT molecular complexity index is 173. The molecule has 2 N–H and O–H groups in total. The number of ether oxygens (including phenoxy) is 1. The van der Waals surface area contributed by atoms with Gasteiger partial charge in [0.25, 0.3) is 0 Å². The molecule has 0 aromatic rings. The number of esters is 2. The molecule has 0 spiro atoms. The summed E-state index contributed by atoms with van der Waals surface area (Å²) in [7, 11) is 0. The molecular formula is C6H10BrNO3. The van der Waals surface area contributed by atoms with Crippen LogP contribution in [0.5, 0.6) is 0 Å². The summed E-state index contributed by atoms with van der Waals surface area (Å²) in [6.45, 7) is 2.88. The van der Waals surface area contributed by atoms with E-state index < -0.39 is 16.3 Å². The van der Waals surface area contributed by atoms with Crippen molar-refractivity contribution in [3.63, 3.8) is 0 Å². The van der Waals surface area contributed by atoms with Gasteiger partial charge in [-0.05, 0) is 13.8 Å². The molecule has 0 radical (unpaired) electrons. The summed E-state index contributed by atoms with van der Waals surface area (Å²) < 4.78 is 3.48. The van der Waals surface area contributed by atoms with Crippen molar-refractivity contribution in [1.29, 1.82) is 0 Å². The Morgan fingerprint density at radius 2 is 2.00 bits per heavy atom. The van der Waals surface area contributed by atoms with E-state index in [1.165, 1.54) is 0 Å². The van der Waals surface area contributed by atoms with Gasteiger partial charge in [-0.3, -0.25) is 9.59 Å². The Labute approximate surface area is 73.2 Å². The molecule has 0 heterocycles. The SMILES string of the molecule is CC(C)(Br)C(=O)OC(=O)CN. The molecule has 0 aliphatic rings. The zero-order valence-corrected chi connectivity index (χ0v) is 7.97. The van der Waals surface area contributed by atoms with Crippen LogP contribution in [0.1, 0.15) is 13.8 Å². The first-order valence-corrected chi connectivity index (χ1v) is 3.81. The highest BCUT2D eigenvalue weighted by Crippen LogP contribution is 2.17. The van der Waals surface area contributed by atoms with E-state index in [2.05, 4.69) is 20.7 Å². The second kappa shape index (κ2) is 3.82. The van der Waals surface area contributed by atoms with Crippen LogP contribution < -0.4 is 5.73 Å². The van der Waals surface area contributed by atoms with Crippen molar-refractivity contribution in [2.24, 2.45) is 5.73 Å². The van der Waals surface area contributed by atoms with Crippen molar-refractivity contribution < 1.29 is 14.3 Å². The Hall–Kier alpha value is -0.420. The minimum atomic E-state index is -0.835. The third kappa shape index (κ3) is 4.10. The van der Waals surface area contributed by atoms with Crippen molar-refractivity contribution in [2.75, 3.05) is 6.54 Å². The average molecular weight is 224 g/mol. The van der Waals surface area contributed by atoms with Crippen LogP contribution in [-0.4, -0.2) is 22.8 Å². The average Bonchev–Trinajstić information content (AvgIpc) is 1.85. The number of hydrogen-bond acceptors (Lipinski definition) is 4. The summed E-state index contributed by atoms with van der Waals surface area (Å²) in [5, 5.41) is 0. The summed E-state index contributed by atoms with van der Waals surface area (Å²) in [4.78, 5) is 21.4. The molecule has 4 nitrogen and oxygen atoms in total. The minimum Gasteiger partial charge on any atom is -0.391 e. The summed E-state index contributed by atoms with van der Waals surface area (Å²) in [5.41, 5.74) is 4.92. The molecule has 11 heavy (non-hydrogen) atoms. The summed E-state index contributed by atoms with van der Waals surface area (Å²) in [5.74, 6) is -1.35. The smallest absolute Gasteiger partial charge is 0.329 e. The quantitative estimate of drug-likeness (QED) is 0.413. The second-order valence-electron chi connectivity index (χ2n) is 2.44. The Morgan fingerprint density at radius 3 is 2.27 bits per heavy atom. The van der Waals surface area contributed by atoms with E-state index in [0.29, 0.717) is 0 Å². The van der Waals surface area contributed by atoms with Gasteiger partial charge in [0.2, 0.25) is 0 Å². The molecule has 0 aromatic carbocycles. The molecule has 0 aromatic heterocycles. The molecule has 0 saturated carbocycles. The van der Waals surface area contributed by atoms with Crippen molar-refractivity contribution in [2.45, 2.75) is 18.2 Å². The van der Waals surface area contributed by atoms with Crippen LogP contribution in [0.15, 0.2) is 0 Å². The maximum Gasteiger partial charge on any atom is 0.329 e. The first-order valence-electron chi connectivity index (χ1n) is 3.02. The van der Waals surface area contributed by atoms with E-state index in [-0.39, 0.29) is 6.54 Å². The first kappa shape index (κ1) is 10.6. The Morgan fingerprint density at radius 1 is 1.55 bits per heavy atom. The molecule has 0 fully saturated rings. The van der Waals surface area contributed by atoms with Crippen LogP contribution >= 0.6 is 15.9 Å². The normalized spacial score (nSPS) is 10.9. The molecule has 0 aliphatic carbocycles. The maximum atomic E-state index is 10.9. The number of carbonyl (C=O) groups excluding carboxylic acids is 2. The first-order chi connectivity index (χ1) is 4.88. The number of carbonyl (C=O) groups is 2. The topological polar surface area (TPSA) is 69.4 Å². The second-order valence-corrected chi connectivity index (χ2v) is 4.42. The van der Waals surface area contributed by atoms with Gasteiger partial charge in [0.05, 0.1) is 6.54 Å². The van der Waals surface area contributed by atoms with Gasteiger partial charge in [0.1, 0.15) is 4.32 Å². The van der Waals surface area contributed by atoms with Gasteiger partial charge in [0, 0.05) is 0 Å². The number of alkyl halides is 1. The van der Waals surface area contributed by atoms with Crippen LogP contribution in [0.4, 0.5) is 0 Å². The highest BCUT2D eigenvalue weighted by Gasteiger charge is 2.27. The zero-order chi connectivity index (χ0) is 9.07. The molecule has 0 unspecified atom stereocenters. The van der Waals surface area contributed by atoms with Gasteiger partial charge < -0.3 is 10.5 Å². The third-order valence-electron chi connectivity index (χ3n) is 0.859. The van der Waals surface area contributed by atoms with Crippen molar-refractivity contribution in [1.82, 2.24) is 0 Å². The minimum absolute atomic E-state index is 0.283. The molecule has 0 bridgehead atoms. The maximum absolute atomic E-state index is 10.9. The third-order valence-corrected chi connectivity index (χ3v) is 1.18. The molecule has 64 valence electrons. The van der Waals surface area contributed by atoms with Crippen LogP contribution in [-0.2, 0) is 14.3 Å². The van der Waals surface area contributed by atoms with Crippen LogP contribution in [0.2, 0.25) is 0 Å². The largest absolute Gasteiger partial charge is 0.391 e. The van der Waals surface area contributed by atoms with Gasteiger partial charge >= 0.3 is 11.9 Å². The van der Waals surface area contributed by atoms with Gasteiger partial charge in [0.15, 0.2) is 0 Å². The molecule has 5 heteroatoms. The number of halogens is 1. The Kier molecular flexibility index (Phi) is 3.68. The van der Waals surface area contributed by atoms with Gasteiger partial charge in [-0.25, -0.2) is 0 Å². The lowest BCUT2D eigenvalue weighted by Crippen LogP contribution is -2.31. The van der Waals surface area contributed by atoms with Crippen LogP contribution in [0.3, 0.4) is 0 Å². The standard InChI is InChI=1S/C6H10BrNO3/c1-6(2,7)5(10)11-4(9)3-8/h3,8H2,1-2H3. The van der Waals surface area contributed by atoms with E-state index in [4.69, 9.17) is 5.73 Å². The molecule has 0 amide bonds.